The van der Waals surface area contributed by atoms with Gasteiger partial charge in [0.25, 0.3) is 0 Å². The fourth-order valence-electron chi connectivity index (χ4n) is 0.651. The molecule has 1 aromatic carbocycles. The van der Waals surface area contributed by atoms with Gasteiger partial charge in [0.15, 0.2) is 0 Å². The molecule has 68 valence electrons. The van der Waals surface area contributed by atoms with Crippen molar-refractivity contribution in [1.29, 1.82) is 0 Å². The maximum absolute atomic E-state index is 4.71. The second kappa shape index (κ2) is 5.60. The van der Waals surface area contributed by atoms with Gasteiger partial charge in [-0.2, -0.15) is 4.99 Å². The lowest BCUT2D eigenvalue weighted by Crippen LogP contribution is -1.60. The zero-order valence-electron chi connectivity index (χ0n) is 7.43. The van der Waals surface area contributed by atoms with Crippen LogP contribution >= 0.6 is 12.2 Å². The van der Waals surface area contributed by atoms with Gasteiger partial charge in [-0.3, -0.25) is 0 Å². The van der Waals surface area contributed by atoms with E-state index in [1.165, 1.54) is 0 Å². The van der Waals surface area contributed by atoms with Crippen LogP contribution in [0.1, 0.15) is 6.92 Å². The highest BCUT2D eigenvalue weighted by Crippen LogP contribution is 2.07. The molecule has 0 bridgehead atoms. The van der Waals surface area contributed by atoms with Gasteiger partial charge in [-0.15, -0.1) is 0 Å². The van der Waals surface area contributed by atoms with Crippen LogP contribution < -0.4 is 0 Å². The van der Waals surface area contributed by atoms with Crippen LogP contribution in [0.3, 0.4) is 0 Å². The van der Waals surface area contributed by atoms with Crippen molar-refractivity contribution in [2.75, 3.05) is 6.61 Å². The number of aliphatic imine (C=N–C) groups is 1. The highest BCUT2D eigenvalue weighted by atomic mass is 32.1. The third-order valence-electron chi connectivity index (χ3n) is 1.43. The monoisotopic (exact) mass is 193 g/mol. The van der Waals surface area contributed by atoms with Gasteiger partial charge in [0.05, 0.1) is 23.6 Å². The van der Waals surface area contributed by atoms with Crippen molar-refractivity contribution in [2.45, 2.75) is 13.0 Å². The van der Waals surface area contributed by atoms with Crippen molar-refractivity contribution < 1.29 is 4.74 Å². The maximum Gasteiger partial charge on any atom is 0.0781 e. The number of rotatable bonds is 1. The molecule has 1 aromatic rings. The Morgan fingerprint density at radius 1 is 1.46 bits per heavy atom. The molecule has 0 aromatic heterocycles. The topological polar surface area (TPSA) is 24.9 Å². The lowest BCUT2D eigenvalue weighted by Gasteiger charge is -1.83. The third-order valence-corrected chi connectivity index (χ3v) is 1.52. The van der Waals surface area contributed by atoms with E-state index in [2.05, 4.69) is 29.3 Å². The Bertz CT molecular complexity index is 289. The van der Waals surface area contributed by atoms with Crippen molar-refractivity contribution in [3.63, 3.8) is 0 Å². The lowest BCUT2D eigenvalue weighted by molar-refractivity contribution is 0.423. The van der Waals surface area contributed by atoms with E-state index in [1.807, 2.05) is 30.3 Å². The summed E-state index contributed by atoms with van der Waals surface area (Å²) in [6.45, 7) is 3.04. The molecule has 0 N–H and O–H groups in total. The van der Waals surface area contributed by atoms with Gasteiger partial charge in [0, 0.05) is 0 Å². The van der Waals surface area contributed by atoms with Crippen LogP contribution in [0.4, 0.5) is 5.69 Å². The molecular formula is C10H11NOS. The Balaban J connectivity index is 0.000000175. The predicted molar refractivity (Wildman–Crippen MR) is 56.5 cm³/mol. The van der Waals surface area contributed by atoms with Crippen molar-refractivity contribution in [2.24, 2.45) is 4.99 Å². The van der Waals surface area contributed by atoms with E-state index in [-0.39, 0.29) is 0 Å². The molecule has 13 heavy (non-hydrogen) atoms. The minimum absolute atomic E-state index is 0.583. The molecule has 1 aliphatic heterocycles. The number of nitrogens with zero attached hydrogens (tertiary/aromatic N) is 1. The van der Waals surface area contributed by atoms with Gasteiger partial charge in [-0.25, -0.2) is 0 Å². The highest BCUT2D eigenvalue weighted by molar-refractivity contribution is 7.78. The number of hydrogen-bond acceptors (Lipinski definition) is 3. The number of benzene rings is 1. The van der Waals surface area contributed by atoms with Crippen molar-refractivity contribution >= 4 is 23.1 Å². The third kappa shape index (κ3) is 5.26. The van der Waals surface area contributed by atoms with Crippen LogP contribution in [0, 0.1) is 0 Å². The van der Waals surface area contributed by atoms with Gasteiger partial charge >= 0.3 is 0 Å². The SMILES string of the molecule is CC1CO1.S=C=Nc1ccccc1. The number of thiocarbonyl (C=S) groups is 1. The van der Waals surface area contributed by atoms with E-state index in [0.717, 1.165) is 12.3 Å². The van der Waals surface area contributed by atoms with E-state index in [9.17, 15) is 0 Å². The second-order valence-electron chi connectivity index (χ2n) is 2.68. The summed E-state index contributed by atoms with van der Waals surface area (Å²) in [4.78, 5) is 3.77. The fraction of sp³-hybridized carbons (Fsp3) is 0.300. The van der Waals surface area contributed by atoms with Gasteiger partial charge < -0.3 is 4.74 Å². The number of para-hydroxylation sites is 1. The molecule has 1 aliphatic rings. The Labute approximate surface area is 83.3 Å². The number of ether oxygens (including phenoxy) is 1. The van der Waals surface area contributed by atoms with Crippen LogP contribution in [-0.4, -0.2) is 17.9 Å². The summed E-state index contributed by atoms with van der Waals surface area (Å²) in [6.07, 6.45) is 0.583. The molecule has 0 aliphatic carbocycles. The molecule has 0 radical (unpaired) electrons. The first kappa shape index (κ1) is 10.1. The lowest BCUT2D eigenvalue weighted by atomic mass is 10.3. The number of epoxide rings is 1. The summed E-state index contributed by atoms with van der Waals surface area (Å²) in [5, 5.41) is 2.29. The molecule has 0 spiro atoms. The molecule has 2 nitrogen and oxygen atoms in total. The van der Waals surface area contributed by atoms with E-state index in [4.69, 9.17) is 4.74 Å². The van der Waals surface area contributed by atoms with Crippen LogP contribution in [-0.2, 0) is 4.74 Å². The Morgan fingerprint density at radius 3 is 2.38 bits per heavy atom. The Morgan fingerprint density at radius 2 is 2.00 bits per heavy atom. The molecular weight excluding hydrogens is 182 g/mol. The highest BCUT2D eigenvalue weighted by Gasteiger charge is 2.13. The van der Waals surface area contributed by atoms with Crippen LogP contribution in [0.15, 0.2) is 35.3 Å². The molecule has 0 amide bonds. The van der Waals surface area contributed by atoms with E-state index >= 15 is 0 Å². The van der Waals surface area contributed by atoms with Crippen molar-refractivity contribution in [1.82, 2.24) is 0 Å². The van der Waals surface area contributed by atoms with Crippen molar-refractivity contribution in [3.05, 3.63) is 30.3 Å². The molecule has 1 saturated heterocycles. The summed E-state index contributed by atoms with van der Waals surface area (Å²) in [5.41, 5.74) is 0.854. The van der Waals surface area contributed by atoms with Gasteiger partial charge in [-0.05, 0) is 31.3 Å². The molecule has 1 unspecified atom stereocenters. The summed E-state index contributed by atoms with van der Waals surface area (Å²) in [6, 6.07) is 9.50. The predicted octanol–water partition coefficient (Wildman–Crippen LogP) is 2.83. The molecule has 2 rings (SSSR count). The fourth-order valence-corrected chi connectivity index (χ4v) is 0.757. The zero-order valence-corrected chi connectivity index (χ0v) is 8.25. The van der Waals surface area contributed by atoms with E-state index in [0.29, 0.717) is 6.10 Å². The minimum Gasteiger partial charge on any atom is -0.373 e. The number of hydrogen-bond donors (Lipinski definition) is 0. The number of isothiocyanates is 1. The molecule has 0 saturated carbocycles. The second-order valence-corrected chi connectivity index (χ2v) is 2.87. The van der Waals surface area contributed by atoms with Gasteiger partial charge in [-0.1, -0.05) is 18.2 Å². The summed E-state index contributed by atoms with van der Waals surface area (Å²) >= 11 is 4.42. The molecule has 1 atom stereocenters. The van der Waals surface area contributed by atoms with E-state index in [1.54, 1.807) is 0 Å². The largest absolute Gasteiger partial charge is 0.373 e. The molecule has 1 heterocycles. The summed E-state index contributed by atoms with van der Waals surface area (Å²) in [5.74, 6) is 0. The molecule has 1 fully saturated rings. The van der Waals surface area contributed by atoms with Crippen LogP contribution in [0.25, 0.3) is 0 Å². The average Bonchev–Trinajstić information content (AvgIpc) is 2.91. The zero-order chi connectivity index (χ0) is 9.52. The van der Waals surface area contributed by atoms with Crippen LogP contribution in [0.5, 0.6) is 0 Å². The summed E-state index contributed by atoms with van der Waals surface area (Å²) < 4.78 is 4.71. The van der Waals surface area contributed by atoms with Crippen LogP contribution in [0.2, 0.25) is 0 Å². The standard InChI is InChI=1S/C7H5NS.C3H6O/c9-6-8-7-4-2-1-3-5-7;1-3-2-4-3/h1-5H;3H,2H2,1H3. The Hall–Kier alpha value is -1.02. The van der Waals surface area contributed by atoms with E-state index < -0.39 is 0 Å². The molecule has 3 heteroatoms. The smallest absolute Gasteiger partial charge is 0.0781 e. The first-order valence-corrected chi connectivity index (χ1v) is 4.48. The maximum atomic E-state index is 4.71. The quantitative estimate of drug-likeness (QED) is 0.389. The first-order valence-electron chi connectivity index (χ1n) is 4.07. The van der Waals surface area contributed by atoms with Crippen molar-refractivity contribution in [3.8, 4) is 0 Å². The van der Waals surface area contributed by atoms with Gasteiger partial charge in [0.1, 0.15) is 0 Å². The normalized spacial score (nSPS) is 17.8. The van der Waals surface area contributed by atoms with Gasteiger partial charge in [0.2, 0.25) is 0 Å². The minimum atomic E-state index is 0.583. The average molecular weight is 193 g/mol. The summed E-state index contributed by atoms with van der Waals surface area (Å²) in [7, 11) is 0. The first-order chi connectivity index (χ1) is 6.33. The Kier molecular flexibility index (Phi) is 4.33.